The Balaban J connectivity index is 1.58. The number of benzene rings is 3. The second-order valence-electron chi connectivity index (χ2n) is 10.4. The van der Waals surface area contributed by atoms with Gasteiger partial charge in [0.1, 0.15) is 6.10 Å². The van der Waals surface area contributed by atoms with E-state index in [4.69, 9.17) is 4.74 Å². The van der Waals surface area contributed by atoms with Gasteiger partial charge in [0.25, 0.3) is 5.91 Å². The molecule has 1 aliphatic rings. The summed E-state index contributed by atoms with van der Waals surface area (Å²) < 4.78 is 33.1. The summed E-state index contributed by atoms with van der Waals surface area (Å²) in [4.78, 5) is 17.3. The largest absolute Gasteiger partial charge is 0.486 e. The van der Waals surface area contributed by atoms with Gasteiger partial charge >= 0.3 is 0 Å². The number of ether oxygens (including phenoxy) is 1. The third kappa shape index (κ3) is 7.17. The first kappa shape index (κ1) is 28.6. The number of fused-ring (bicyclic) bond motifs is 1. The molecule has 39 heavy (non-hydrogen) atoms. The van der Waals surface area contributed by atoms with E-state index in [1.54, 1.807) is 30.0 Å². The Morgan fingerprint density at radius 3 is 2.36 bits per heavy atom. The third-order valence-electron chi connectivity index (χ3n) is 6.99. The lowest BCUT2D eigenvalue weighted by molar-refractivity contribution is 0.0344. The molecule has 1 aliphatic heterocycles. The van der Waals surface area contributed by atoms with Crippen molar-refractivity contribution in [3.05, 3.63) is 83.9 Å². The molecule has 8 nitrogen and oxygen atoms in total. The number of nitrogens with zero attached hydrogens (tertiary/aromatic N) is 2. The molecule has 2 N–H and O–H groups in total. The number of amides is 1. The number of carbonyl (C=O) groups is 1. The third-order valence-corrected chi connectivity index (χ3v) is 7.58. The molecule has 208 valence electrons. The zero-order valence-corrected chi connectivity index (χ0v) is 23.7. The van der Waals surface area contributed by atoms with E-state index in [0.29, 0.717) is 19.6 Å². The van der Waals surface area contributed by atoms with Gasteiger partial charge in [-0.2, -0.15) is 0 Å². The van der Waals surface area contributed by atoms with Crippen molar-refractivity contribution in [2.75, 3.05) is 37.7 Å². The van der Waals surface area contributed by atoms with Crippen LogP contribution in [0, 0.1) is 5.92 Å². The van der Waals surface area contributed by atoms with Crippen molar-refractivity contribution in [1.29, 1.82) is 0 Å². The molecule has 1 heterocycles. The summed E-state index contributed by atoms with van der Waals surface area (Å²) in [7, 11) is -1.59. The highest BCUT2D eigenvalue weighted by Gasteiger charge is 2.34. The first-order valence-corrected chi connectivity index (χ1v) is 15.0. The van der Waals surface area contributed by atoms with Gasteiger partial charge in [0.15, 0.2) is 5.75 Å². The van der Waals surface area contributed by atoms with Crippen molar-refractivity contribution in [3.63, 3.8) is 0 Å². The normalized spacial score (nSPS) is 18.6. The van der Waals surface area contributed by atoms with E-state index in [1.165, 1.54) is 5.56 Å². The van der Waals surface area contributed by atoms with Crippen LogP contribution in [0.5, 0.6) is 5.75 Å². The fourth-order valence-corrected chi connectivity index (χ4v) is 5.42. The smallest absolute Gasteiger partial charge is 0.258 e. The minimum Gasteiger partial charge on any atom is -0.486 e. The van der Waals surface area contributed by atoms with Crippen LogP contribution in [0.4, 0.5) is 5.69 Å². The predicted molar refractivity (Wildman–Crippen MR) is 154 cm³/mol. The number of hydrogen-bond donors (Lipinski definition) is 2. The second kappa shape index (κ2) is 12.2. The summed E-state index contributed by atoms with van der Waals surface area (Å²) in [6.45, 7) is 5.26. The summed E-state index contributed by atoms with van der Waals surface area (Å²) in [5, 5.41) is 9.85. The molecular formula is C30H37N3O5S. The van der Waals surface area contributed by atoms with E-state index in [9.17, 15) is 18.3 Å². The Hall–Kier alpha value is -3.40. The molecule has 3 aromatic carbocycles. The first-order valence-electron chi connectivity index (χ1n) is 13.1. The SMILES string of the molecule is C[C@H]1CN([C@@H](C)CO)C(=O)c2cccc(NS(C)(=O)=O)c2O[C@H]1CN(C)Cc1ccc(-c2ccccc2)cc1. The van der Waals surface area contributed by atoms with Crippen LogP contribution in [-0.4, -0.2) is 74.4 Å². The molecule has 4 rings (SSSR count). The lowest BCUT2D eigenvalue weighted by atomic mass is 9.98. The Bertz CT molecular complexity index is 1380. The molecule has 0 bridgehead atoms. The van der Waals surface area contributed by atoms with Gasteiger partial charge in [-0.05, 0) is 42.8 Å². The number of likely N-dealkylation sites (N-methyl/N-ethyl adjacent to an activating group) is 1. The Labute approximate surface area is 231 Å². The predicted octanol–water partition coefficient (Wildman–Crippen LogP) is 4.08. The van der Waals surface area contributed by atoms with Gasteiger partial charge in [0.2, 0.25) is 10.0 Å². The molecule has 0 radical (unpaired) electrons. The molecule has 0 saturated heterocycles. The van der Waals surface area contributed by atoms with Crippen LogP contribution >= 0.6 is 0 Å². The highest BCUT2D eigenvalue weighted by atomic mass is 32.2. The van der Waals surface area contributed by atoms with Gasteiger partial charge in [0.05, 0.1) is 30.2 Å². The zero-order chi connectivity index (χ0) is 28.2. The summed E-state index contributed by atoms with van der Waals surface area (Å²) >= 11 is 0. The van der Waals surface area contributed by atoms with Gasteiger partial charge < -0.3 is 14.7 Å². The number of nitrogens with one attached hydrogen (secondary N) is 1. The highest BCUT2D eigenvalue weighted by Crippen LogP contribution is 2.35. The van der Waals surface area contributed by atoms with E-state index >= 15 is 0 Å². The zero-order valence-electron chi connectivity index (χ0n) is 22.9. The maximum atomic E-state index is 13.5. The van der Waals surface area contributed by atoms with Crippen molar-refractivity contribution >= 4 is 21.6 Å². The van der Waals surface area contributed by atoms with Gasteiger partial charge in [-0.3, -0.25) is 14.4 Å². The number of anilines is 1. The van der Waals surface area contributed by atoms with Crippen molar-refractivity contribution < 1.29 is 23.1 Å². The standard InChI is InChI=1S/C30H37N3O5S/c1-21-17-33(22(2)20-34)30(35)26-11-8-12-27(31-39(4,36)37)29(26)38-28(21)19-32(3)18-23-13-15-25(16-14-23)24-9-6-5-7-10-24/h5-16,21-22,28,31,34H,17-20H2,1-4H3/t21-,22-,28-/m0/s1. The average molecular weight is 552 g/mol. The number of para-hydroxylation sites is 1. The van der Waals surface area contributed by atoms with E-state index in [2.05, 4.69) is 46.0 Å². The lowest BCUT2D eigenvalue weighted by Gasteiger charge is -2.38. The maximum absolute atomic E-state index is 13.5. The van der Waals surface area contributed by atoms with Crippen molar-refractivity contribution in [3.8, 4) is 16.9 Å². The number of aliphatic hydroxyl groups is 1. The average Bonchev–Trinajstić information content (AvgIpc) is 2.90. The van der Waals surface area contributed by atoms with E-state index in [-0.39, 0.29) is 41.5 Å². The molecule has 0 spiro atoms. The quantitative estimate of drug-likeness (QED) is 0.416. The molecule has 3 aromatic rings. The summed E-state index contributed by atoms with van der Waals surface area (Å²) in [5.41, 5.74) is 3.96. The number of sulfonamides is 1. The van der Waals surface area contributed by atoms with Crippen LogP contribution < -0.4 is 9.46 Å². The van der Waals surface area contributed by atoms with E-state index in [1.807, 2.05) is 32.2 Å². The van der Waals surface area contributed by atoms with Crippen LogP contribution in [0.25, 0.3) is 11.1 Å². The van der Waals surface area contributed by atoms with Crippen molar-refractivity contribution in [1.82, 2.24) is 9.80 Å². The van der Waals surface area contributed by atoms with Crippen LogP contribution in [-0.2, 0) is 16.6 Å². The summed E-state index contributed by atoms with van der Waals surface area (Å²) in [6.07, 6.45) is 0.718. The highest BCUT2D eigenvalue weighted by molar-refractivity contribution is 7.92. The first-order chi connectivity index (χ1) is 18.6. The molecule has 3 atom stereocenters. The Morgan fingerprint density at radius 2 is 1.72 bits per heavy atom. The maximum Gasteiger partial charge on any atom is 0.258 e. The number of carbonyl (C=O) groups excluding carboxylic acids is 1. The molecule has 0 unspecified atom stereocenters. The second-order valence-corrected chi connectivity index (χ2v) is 12.2. The van der Waals surface area contributed by atoms with E-state index in [0.717, 1.165) is 17.4 Å². The minimum absolute atomic E-state index is 0.0923. The van der Waals surface area contributed by atoms with Crippen LogP contribution in [0.3, 0.4) is 0 Å². The van der Waals surface area contributed by atoms with Crippen LogP contribution in [0.2, 0.25) is 0 Å². The number of hydrogen-bond acceptors (Lipinski definition) is 6. The van der Waals surface area contributed by atoms with Gasteiger partial charge in [0, 0.05) is 25.6 Å². The molecule has 0 aromatic heterocycles. The topological polar surface area (TPSA) is 99.2 Å². The fourth-order valence-electron chi connectivity index (χ4n) is 4.86. The monoisotopic (exact) mass is 551 g/mol. The van der Waals surface area contributed by atoms with Gasteiger partial charge in [-0.25, -0.2) is 8.42 Å². The van der Waals surface area contributed by atoms with Crippen LogP contribution in [0.15, 0.2) is 72.8 Å². The lowest BCUT2D eigenvalue weighted by Crippen LogP contribution is -2.49. The Morgan fingerprint density at radius 1 is 1.05 bits per heavy atom. The number of aliphatic hydroxyl groups excluding tert-OH is 1. The van der Waals surface area contributed by atoms with Crippen molar-refractivity contribution in [2.45, 2.75) is 32.5 Å². The van der Waals surface area contributed by atoms with Gasteiger partial charge in [-0.1, -0.05) is 67.6 Å². The number of rotatable bonds is 9. The van der Waals surface area contributed by atoms with Crippen LogP contribution in [0.1, 0.15) is 29.8 Å². The van der Waals surface area contributed by atoms with Crippen molar-refractivity contribution in [2.24, 2.45) is 5.92 Å². The Kier molecular flexibility index (Phi) is 8.94. The molecular weight excluding hydrogens is 514 g/mol. The van der Waals surface area contributed by atoms with Gasteiger partial charge in [-0.15, -0.1) is 0 Å². The molecule has 1 amide bonds. The van der Waals surface area contributed by atoms with E-state index < -0.39 is 16.1 Å². The molecule has 9 heteroatoms. The molecule has 0 fully saturated rings. The summed E-state index contributed by atoms with van der Waals surface area (Å²) in [6, 6.07) is 23.2. The fraction of sp³-hybridized carbons (Fsp3) is 0.367. The molecule has 0 saturated carbocycles. The molecule has 0 aliphatic carbocycles. The minimum atomic E-state index is -3.61. The summed E-state index contributed by atoms with van der Waals surface area (Å²) in [5.74, 6) is -0.189.